The number of halogens is 1. The van der Waals surface area contributed by atoms with E-state index in [4.69, 9.17) is 9.47 Å². The molecule has 0 saturated heterocycles. The Morgan fingerprint density at radius 2 is 1.92 bits per heavy atom. The lowest BCUT2D eigenvalue weighted by Crippen LogP contribution is -2.47. The highest BCUT2D eigenvalue weighted by Crippen LogP contribution is 2.57. The summed E-state index contributed by atoms with van der Waals surface area (Å²) >= 11 is 2.27. The van der Waals surface area contributed by atoms with Crippen molar-refractivity contribution in [1.29, 1.82) is 0 Å². The largest absolute Gasteiger partial charge is 0.496 e. The minimum absolute atomic E-state index is 0.0626. The van der Waals surface area contributed by atoms with E-state index in [1.54, 1.807) is 13.2 Å². The van der Waals surface area contributed by atoms with Crippen molar-refractivity contribution in [3.63, 3.8) is 0 Å². The van der Waals surface area contributed by atoms with Crippen LogP contribution in [0.3, 0.4) is 0 Å². The number of ether oxygens (including phenoxy) is 2. The lowest BCUT2D eigenvalue weighted by Gasteiger charge is -2.40. The number of allylic oxidation sites excluding steroid dienone is 1. The Hall–Kier alpha value is -2.15. The van der Waals surface area contributed by atoms with E-state index in [9.17, 15) is 9.59 Å². The summed E-state index contributed by atoms with van der Waals surface area (Å²) < 4.78 is 11.1. The maximum atomic E-state index is 13.8. The number of methoxy groups -OCH3 is 1. The highest BCUT2D eigenvalue weighted by molar-refractivity contribution is 14.1. The fraction of sp³-hybridized carbons (Fsp3) is 0.238. The van der Waals surface area contributed by atoms with Gasteiger partial charge < -0.3 is 9.47 Å². The number of carbonyl (C=O) groups excluding carboxylic acids is 2. The molecule has 4 rings (SSSR count). The fourth-order valence-corrected chi connectivity index (χ4v) is 5.27. The summed E-state index contributed by atoms with van der Waals surface area (Å²) in [7, 11) is 1.55. The number of fused-ring (bicyclic) bond motifs is 3. The summed E-state index contributed by atoms with van der Waals surface area (Å²) in [5, 5.41) is 0. The molecule has 0 amide bonds. The number of hydrogen-bond donors (Lipinski definition) is 0. The van der Waals surface area contributed by atoms with Crippen molar-refractivity contribution >= 4 is 40.4 Å². The zero-order valence-electron chi connectivity index (χ0n) is 14.4. The Labute approximate surface area is 165 Å². The predicted octanol–water partition coefficient (Wildman–Crippen LogP) is 4.26. The number of benzene rings is 2. The number of ketones is 1. The Bertz CT molecular complexity index is 949. The Kier molecular flexibility index (Phi) is 4.14. The van der Waals surface area contributed by atoms with Gasteiger partial charge >= 0.3 is 5.97 Å². The molecule has 132 valence electrons. The molecule has 0 aromatic heterocycles. The molecule has 2 aromatic carbocycles. The molecule has 0 radical (unpaired) electrons. The molecular weight excluding hydrogens is 443 g/mol. The molecular formula is C21H17IO4. The van der Waals surface area contributed by atoms with E-state index < -0.39 is 17.5 Å². The number of carbonyl (C=O) groups is 2. The van der Waals surface area contributed by atoms with Crippen LogP contribution < -0.4 is 4.74 Å². The van der Waals surface area contributed by atoms with Gasteiger partial charge in [0.05, 0.1) is 16.6 Å². The molecule has 2 aliphatic rings. The lowest BCUT2D eigenvalue weighted by molar-refractivity contribution is -0.149. The third-order valence-electron chi connectivity index (χ3n) is 5.15. The van der Waals surface area contributed by atoms with Gasteiger partial charge in [-0.15, -0.1) is 0 Å². The fourth-order valence-electron chi connectivity index (χ4n) is 4.11. The van der Waals surface area contributed by atoms with Crippen molar-refractivity contribution in [3.8, 4) is 5.75 Å². The quantitative estimate of drug-likeness (QED) is 0.382. The molecule has 0 saturated carbocycles. The summed E-state index contributed by atoms with van der Waals surface area (Å²) in [5.74, 6) is 0.0399. The van der Waals surface area contributed by atoms with Gasteiger partial charge in [-0.1, -0.05) is 71.1 Å². The molecule has 3 atom stereocenters. The molecule has 4 nitrogen and oxygen atoms in total. The first-order valence-corrected chi connectivity index (χ1v) is 9.57. The molecule has 1 spiro atoms. The molecule has 0 N–H and O–H groups in total. The molecule has 2 aliphatic carbocycles. The lowest BCUT2D eigenvalue weighted by atomic mass is 9.68. The Morgan fingerprint density at radius 1 is 1.15 bits per heavy atom. The normalized spacial score (nSPS) is 25.7. The van der Waals surface area contributed by atoms with Crippen LogP contribution in [0.5, 0.6) is 5.75 Å². The third-order valence-corrected chi connectivity index (χ3v) is 6.54. The SMILES string of the molecule is COc1cccc2c1C(=O)C1(c3ccccc3C=C[C@H]1I)[C@H]2OC(C)=O. The van der Waals surface area contributed by atoms with Crippen molar-refractivity contribution in [2.75, 3.05) is 7.11 Å². The van der Waals surface area contributed by atoms with Crippen LogP contribution in [0, 0.1) is 0 Å². The van der Waals surface area contributed by atoms with Crippen LogP contribution in [-0.2, 0) is 14.9 Å². The van der Waals surface area contributed by atoms with Crippen LogP contribution in [0.1, 0.15) is 40.1 Å². The van der Waals surface area contributed by atoms with Crippen molar-refractivity contribution in [1.82, 2.24) is 0 Å². The van der Waals surface area contributed by atoms with E-state index in [0.29, 0.717) is 16.9 Å². The molecule has 2 aromatic rings. The zero-order valence-corrected chi connectivity index (χ0v) is 16.5. The van der Waals surface area contributed by atoms with Gasteiger partial charge in [-0.05, 0) is 17.2 Å². The van der Waals surface area contributed by atoms with Gasteiger partial charge in [0.25, 0.3) is 0 Å². The van der Waals surface area contributed by atoms with E-state index >= 15 is 0 Å². The van der Waals surface area contributed by atoms with Gasteiger partial charge in [0.2, 0.25) is 0 Å². The topological polar surface area (TPSA) is 52.6 Å². The molecule has 5 heteroatoms. The van der Waals surface area contributed by atoms with Gasteiger partial charge in [-0.25, -0.2) is 0 Å². The van der Waals surface area contributed by atoms with Crippen LogP contribution in [0.15, 0.2) is 48.5 Å². The Morgan fingerprint density at radius 3 is 2.65 bits per heavy atom. The molecule has 0 bridgehead atoms. The van der Waals surface area contributed by atoms with Crippen molar-refractivity contribution < 1.29 is 19.1 Å². The number of hydrogen-bond acceptors (Lipinski definition) is 4. The summed E-state index contributed by atoms with van der Waals surface area (Å²) in [5.41, 5.74) is 2.08. The minimum Gasteiger partial charge on any atom is -0.496 e. The predicted molar refractivity (Wildman–Crippen MR) is 107 cm³/mol. The summed E-state index contributed by atoms with van der Waals surface area (Å²) in [6.45, 7) is 1.38. The smallest absolute Gasteiger partial charge is 0.303 e. The van der Waals surface area contributed by atoms with Gasteiger partial charge in [-0.3, -0.25) is 9.59 Å². The van der Waals surface area contributed by atoms with Crippen LogP contribution in [0.4, 0.5) is 0 Å². The third kappa shape index (κ3) is 2.19. The summed E-state index contributed by atoms with van der Waals surface area (Å²) in [6, 6.07) is 13.2. The van der Waals surface area contributed by atoms with Crippen molar-refractivity contribution in [3.05, 3.63) is 70.8 Å². The van der Waals surface area contributed by atoms with Gasteiger partial charge in [-0.2, -0.15) is 0 Å². The van der Waals surface area contributed by atoms with Crippen LogP contribution >= 0.6 is 22.6 Å². The Balaban J connectivity index is 2.05. The number of Topliss-reactive ketones (excluding diaryl/α,β-unsaturated/α-hetero) is 1. The van der Waals surface area contributed by atoms with Crippen LogP contribution in [-0.4, -0.2) is 22.8 Å². The van der Waals surface area contributed by atoms with E-state index in [1.807, 2.05) is 48.6 Å². The van der Waals surface area contributed by atoms with Crippen LogP contribution in [0.2, 0.25) is 0 Å². The van der Waals surface area contributed by atoms with E-state index in [2.05, 4.69) is 22.6 Å². The monoisotopic (exact) mass is 460 g/mol. The molecule has 0 heterocycles. The maximum Gasteiger partial charge on any atom is 0.303 e. The van der Waals surface area contributed by atoms with Crippen molar-refractivity contribution in [2.45, 2.75) is 22.4 Å². The van der Waals surface area contributed by atoms with E-state index in [-0.39, 0.29) is 9.71 Å². The van der Waals surface area contributed by atoms with Gasteiger partial charge in [0.15, 0.2) is 5.78 Å². The minimum atomic E-state index is -0.992. The second-order valence-electron chi connectivity index (χ2n) is 6.46. The van der Waals surface area contributed by atoms with Gasteiger partial charge in [0.1, 0.15) is 17.3 Å². The number of alkyl halides is 1. The van der Waals surface area contributed by atoms with E-state index in [1.165, 1.54) is 6.92 Å². The second-order valence-corrected chi connectivity index (χ2v) is 7.80. The van der Waals surface area contributed by atoms with Crippen molar-refractivity contribution in [2.24, 2.45) is 0 Å². The molecule has 0 aliphatic heterocycles. The second kappa shape index (κ2) is 6.23. The number of esters is 1. The summed E-state index contributed by atoms with van der Waals surface area (Å²) in [6.07, 6.45) is 3.34. The molecule has 0 fully saturated rings. The molecule has 1 unspecified atom stereocenters. The molecule has 26 heavy (non-hydrogen) atoms. The average molecular weight is 460 g/mol. The van der Waals surface area contributed by atoms with E-state index in [0.717, 1.165) is 11.1 Å². The standard InChI is InChI=1S/C21H17IO4/c1-12(23)26-20-14-7-5-9-16(25-2)18(14)19(24)21(20)15-8-4-3-6-13(15)10-11-17(21)22/h3-11,17,20H,1-2H3/t17-,20+,21?/m1/s1. The zero-order chi connectivity index (χ0) is 18.5. The average Bonchev–Trinajstić information content (AvgIpc) is 2.88. The summed E-state index contributed by atoms with van der Waals surface area (Å²) in [4.78, 5) is 25.7. The number of rotatable bonds is 2. The highest BCUT2D eigenvalue weighted by atomic mass is 127. The first kappa shape index (κ1) is 17.3. The van der Waals surface area contributed by atoms with Crippen LogP contribution in [0.25, 0.3) is 6.08 Å². The highest BCUT2D eigenvalue weighted by Gasteiger charge is 2.61. The maximum absolute atomic E-state index is 13.8. The van der Waals surface area contributed by atoms with Gasteiger partial charge in [0, 0.05) is 12.5 Å². The first-order chi connectivity index (χ1) is 12.5. The first-order valence-electron chi connectivity index (χ1n) is 8.32.